The predicted molar refractivity (Wildman–Crippen MR) is 115 cm³/mol. The lowest BCUT2D eigenvalue weighted by atomic mass is 10.0. The smallest absolute Gasteiger partial charge is 0.258 e. The molecule has 0 bridgehead atoms. The molecule has 0 aromatic heterocycles. The fraction of sp³-hybridized carbons (Fsp3) is 0.435. The number of rotatable bonds is 8. The van der Waals surface area contributed by atoms with Gasteiger partial charge in [0.2, 0.25) is 0 Å². The molecule has 156 valence electrons. The molecule has 2 aromatic rings. The zero-order valence-electron chi connectivity index (χ0n) is 17.6. The molecular weight excluding hydrogens is 366 g/mol. The van der Waals surface area contributed by atoms with Gasteiger partial charge in [-0.25, -0.2) is 0 Å². The number of benzene rings is 2. The number of amides is 1. The van der Waals surface area contributed by atoms with Crippen LogP contribution in [-0.4, -0.2) is 59.5 Å². The molecule has 0 radical (unpaired) electrons. The number of carbonyl (C=O) groups excluding carboxylic acids is 1. The maximum atomic E-state index is 12.4. The Morgan fingerprint density at radius 2 is 1.76 bits per heavy atom. The molecule has 1 saturated heterocycles. The van der Waals surface area contributed by atoms with E-state index in [9.17, 15) is 4.79 Å². The molecular formula is C23H32N3O3+. The number of anilines is 1. The van der Waals surface area contributed by atoms with Gasteiger partial charge in [-0.1, -0.05) is 29.8 Å². The van der Waals surface area contributed by atoms with Crippen molar-refractivity contribution in [3.05, 3.63) is 59.7 Å². The van der Waals surface area contributed by atoms with Crippen molar-refractivity contribution in [2.75, 3.05) is 58.5 Å². The summed E-state index contributed by atoms with van der Waals surface area (Å²) in [6.07, 6.45) is 0. The van der Waals surface area contributed by atoms with Gasteiger partial charge in [0.05, 0.1) is 19.8 Å². The molecule has 1 amide bonds. The first-order valence-corrected chi connectivity index (χ1v) is 10.2. The highest BCUT2D eigenvalue weighted by atomic mass is 16.5. The topological polar surface area (TPSA) is 55.2 Å². The van der Waals surface area contributed by atoms with Crippen molar-refractivity contribution in [1.29, 1.82) is 0 Å². The number of nitrogens with one attached hydrogen (secondary N) is 2. The number of morpholine rings is 1. The van der Waals surface area contributed by atoms with Crippen molar-refractivity contribution in [3.8, 4) is 5.75 Å². The highest BCUT2D eigenvalue weighted by Crippen LogP contribution is 2.16. The summed E-state index contributed by atoms with van der Waals surface area (Å²) in [5, 5.41) is 3.06. The van der Waals surface area contributed by atoms with E-state index >= 15 is 0 Å². The molecule has 6 nitrogen and oxygen atoms in total. The fourth-order valence-electron chi connectivity index (χ4n) is 3.54. The van der Waals surface area contributed by atoms with E-state index in [1.54, 1.807) is 0 Å². The van der Waals surface area contributed by atoms with Crippen LogP contribution in [0.2, 0.25) is 0 Å². The van der Waals surface area contributed by atoms with E-state index in [1.807, 2.05) is 45.3 Å². The molecule has 1 aliphatic rings. The first-order chi connectivity index (χ1) is 14.0. The van der Waals surface area contributed by atoms with Crippen LogP contribution in [0.25, 0.3) is 0 Å². The van der Waals surface area contributed by atoms with Gasteiger partial charge in [0.25, 0.3) is 5.91 Å². The average molecular weight is 399 g/mol. The van der Waals surface area contributed by atoms with Crippen molar-refractivity contribution in [1.82, 2.24) is 5.32 Å². The molecule has 1 fully saturated rings. The number of carbonyl (C=O) groups is 1. The van der Waals surface area contributed by atoms with Gasteiger partial charge in [0.1, 0.15) is 24.9 Å². The quantitative estimate of drug-likeness (QED) is 0.702. The van der Waals surface area contributed by atoms with Crippen LogP contribution in [0.15, 0.2) is 48.5 Å². The second-order valence-electron chi connectivity index (χ2n) is 7.71. The van der Waals surface area contributed by atoms with E-state index in [4.69, 9.17) is 9.47 Å². The minimum Gasteiger partial charge on any atom is -0.484 e. The molecule has 3 rings (SSSR count). The monoisotopic (exact) mass is 398 g/mol. The van der Waals surface area contributed by atoms with E-state index in [0.717, 1.165) is 26.3 Å². The molecule has 1 aliphatic heterocycles. The molecule has 0 saturated carbocycles. The van der Waals surface area contributed by atoms with Crippen LogP contribution in [0.1, 0.15) is 17.2 Å². The molecule has 1 atom stereocenters. The predicted octanol–water partition coefficient (Wildman–Crippen LogP) is 1.21. The van der Waals surface area contributed by atoms with Crippen LogP contribution in [-0.2, 0) is 9.53 Å². The van der Waals surface area contributed by atoms with Gasteiger partial charge >= 0.3 is 0 Å². The Morgan fingerprint density at radius 3 is 2.38 bits per heavy atom. The third kappa shape index (κ3) is 6.21. The summed E-state index contributed by atoms with van der Waals surface area (Å²) in [7, 11) is 4.07. The molecule has 29 heavy (non-hydrogen) atoms. The largest absolute Gasteiger partial charge is 0.484 e. The van der Waals surface area contributed by atoms with Crippen molar-refractivity contribution < 1.29 is 19.2 Å². The molecule has 0 aliphatic carbocycles. The number of aryl methyl sites for hydroxylation is 1. The summed E-state index contributed by atoms with van der Waals surface area (Å²) in [4.78, 5) is 15.9. The van der Waals surface area contributed by atoms with Crippen molar-refractivity contribution in [2.45, 2.75) is 13.0 Å². The van der Waals surface area contributed by atoms with E-state index in [0.29, 0.717) is 12.3 Å². The maximum absolute atomic E-state index is 12.4. The lowest BCUT2D eigenvalue weighted by Gasteiger charge is -2.32. The van der Waals surface area contributed by atoms with Crippen molar-refractivity contribution >= 4 is 11.6 Å². The minimum atomic E-state index is -0.104. The molecule has 2 N–H and O–H groups in total. The van der Waals surface area contributed by atoms with E-state index in [2.05, 4.69) is 34.5 Å². The molecule has 0 unspecified atom stereocenters. The van der Waals surface area contributed by atoms with Crippen LogP contribution < -0.4 is 19.9 Å². The van der Waals surface area contributed by atoms with Crippen molar-refractivity contribution in [2.24, 2.45) is 0 Å². The lowest BCUT2D eigenvalue weighted by molar-refractivity contribution is -0.937. The Kier molecular flexibility index (Phi) is 7.49. The summed E-state index contributed by atoms with van der Waals surface area (Å²) < 4.78 is 11.1. The number of hydrogen-bond acceptors (Lipinski definition) is 4. The molecule has 0 spiro atoms. The Hall–Kier alpha value is -2.57. The average Bonchev–Trinajstić information content (AvgIpc) is 2.74. The van der Waals surface area contributed by atoms with Crippen LogP contribution in [0.3, 0.4) is 0 Å². The maximum Gasteiger partial charge on any atom is 0.258 e. The first-order valence-electron chi connectivity index (χ1n) is 10.2. The van der Waals surface area contributed by atoms with E-state index < -0.39 is 0 Å². The third-order valence-electron chi connectivity index (χ3n) is 5.33. The van der Waals surface area contributed by atoms with Gasteiger partial charge in [-0.05, 0) is 31.2 Å². The number of nitrogens with zero attached hydrogens (tertiary/aromatic N) is 1. The van der Waals surface area contributed by atoms with Crippen LogP contribution in [0.5, 0.6) is 5.75 Å². The SMILES string of the molecule is Cc1ccc(OCC(=O)NC[C@H](c2ccc(N(C)C)cc2)[NH+]2CCOCC2)cc1. The molecule has 2 aromatic carbocycles. The second-order valence-corrected chi connectivity index (χ2v) is 7.71. The summed E-state index contributed by atoms with van der Waals surface area (Å²) in [5.41, 5.74) is 3.56. The minimum absolute atomic E-state index is 0.0216. The first kappa shape index (κ1) is 21.1. The highest BCUT2D eigenvalue weighted by Gasteiger charge is 2.27. The normalized spacial score (nSPS) is 15.6. The Morgan fingerprint density at radius 1 is 1.10 bits per heavy atom. The van der Waals surface area contributed by atoms with E-state index in [1.165, 1.54) is 21.7 Å². The zero-order valence-corrected chi connectivity index (χ0v) is 17.6. The second kappa shape index (κ2) is 10.3. The van der Waals surface area contributed by atoms with Gasteiger partial charge in [-0.15, -0.1) is 0 Å². The summed E-state index contributed by atoms with van der Waals surface area (Å²) >= 11 is 0. The zero-order chi connectivity index (χ0) is 20.6. The van der Waals surface area contributed by atoms with Crippen LogP contribution in [0, 0.1) is 6.92 Å². The summed E-state index contributed by atoms with van der Waals surface area (Å²) in [6, 6.07) is 16.5. The van der Waals surface area contributed by atoms with Gasteiger partial charge in [-0.3, -0.25) is 4.79 Å². The van der Waals surface area contributed by atoms with E-state index in [-0.39, 0.29) is 18.6 Å². The summed E-state index contributed by atoms with van der Waals surface area (Å²) in [6.45, 7) is 6.01. The Labute approximate surface area is 173 Å². The number of ether oxygens (including phenoxy) is 2. The van der Waals surface area contributed by atoms with Crippen molar-refractivity contribution in [3.63, 3.8) is 0 Å². The molecule has 1 heterocycles. The fourth-order valence-corrected chi connectivity index (χ4v) is 3.54. The molecule has 6 heteroatoms. The summed E-state index contributed by atoms with van der Waals surface area (Å²) in [5.74, 6) is 0.605. The Balaban J connectivity index is 1.60. The highest BCUT2D eigenvalue weighted by molar-refractivity contribution is 5.77. The van der Waals surface area contributed by atoms with Crippen LogP contribution in [0.4, 0.5) is 5.69 Å². The standard InChI is InChI=1S/C23H31N3O3/c1-18-4-10-21(11-5-18)29-17-23(27)24-16-22(26-12-14-28-15-13-26)19-6-8-20(9-7-19)25(2)3/h4-11,22H,12-17H2,1-3H3,(H,24,27)/p+1/t22-/m1/s1. The van der Waals surface area contributed by atoms with Crippen LogP contribution >= 0.6 is 0 Å². The Bertz CT molecular complexity index is 769. The van der Waals surface area contributed by atoms with Gasteiger partial charge < -0.3 is 24.6 Å². The number of quaternary nitrogens is 1. The van der Waals surface area contributed by atoms with Gasteiger partial charge in [0, 0.05) is 25.3 Å². The number of hydrogen-bond donors (Lipinski definition) is 2. The van der Waals surface area contributed by atoms with Gasteiger partial charge in [-0.2, -0.15) is 0 Å². The lowest BCUT2D eigenvalue weighted by Crippen LogP contribution is -3.15. The third-order valence-corrected chi connectivity index (χ3v) is 5.33. The van der Waals surface area contributed by atoms with Gasteiger partial charge in [0.15, 0.2) is 6.61 Å².